The number of aromatic nitrogens is 3. The fourth-order valence-corrected chi connectivity index (χ4v) is 1.23. The van der Waals surface area contributed by atoms with Crippen LogP contribution in [-0.2, 0) is 0 Å². The quantitative estimate of drug-likeness (QED) is 0.719. The highest BCUT2D eigenvalue weighted by molar-refractivity contribution is 6.08. The van der Waals surface area contributed by atoms with Crippen molar-refractivity contribution in [3.8, 4) is 0 Å². The van der Waals surface area contributed by atoms with Gasteiger partial charge in [-0.25, -0.2) is 9.78 Å². The van der Waals surface area contributed by atoms with Crippen molar-refractivity contribution in [3.63, 3.8) is 0 Å². The molecule has 2 aromatic rings. The maximum absolute atomic E-state index is 11.7. The predicted octanol–water partition coefficient (Wildman–Crippen LogP) is 0.657. The van der Waals surface area contributed by atoms with Gasteiger partial charge < -0.3 is 19.9 Å². The van der Waals surface area contributed by atoms with E-state index in [1.165, 1.54) is 6.07 Å². The highest BCUT2D eigenvalue weighted by Crippen LogP contribution is 2.10. The summed E-state index contributed by atoms with van der Waals surface area (Å²) in [5.41, 5.74) is -0.485. The molecule has 0 saturated heterocycles. The van der Waals surface area contributed by atoms with Crippen LogP contribution in [0.15, 0.2) is 16.9 Å². The van der Waals surface area contributed by atoms with Gasteiger partial charge in [0, 0.05) is 6.07 Å². The topological polar surface area (TPSA) is 121 Å². The average Bonchev–Trinajstić information content (AvgIpc) is 2.86. The molecular formula is C9H8N4O4. The molecule has 17 heavy (non-hydrogen) atoms. The van der Waals surface area contributed by atoms with Crippen LogP contribution in [0, 0.1) is 6.92 Å². The number of amides is 1. The number of hydrogen-bond acceptors (Lipinski definition) is 5. The summed E-state index contributed by atoms with van der Waals surface area (Å²) in [5.74, 6) is -1.20. The van der Waals surface area contributed by atoms with Gasteiger partial charge in [-0.1, -0.05) is 5.16 Å². The summed E-state index contributed by atoms with van der Waals surface area (Å²) >= 11 is 0. The van der Waals surface area contributed by atoms with Crippen LogP contribution < -0.4 is 5.32 Å². The Kier molecular flexibility index (Phi) is 2.61. The second-order valence-corrected chi connectivity index (χ2v) is 3.21. The Morgan fingerprint density at radius 2 is 2.29 bits per heavy atom. The minimum atomic E-state index is -1.26. The maximum Gasteiger partial charge on any atom is 0.354 e. The highest BCUT2D eigenvalue weighted by Gasteiger charge is 2.20. The Hall–Kier alpha value is -2.64. The van der Waals surface area contributed by atoms with E-state index in [1.807, 2.05) is 0 Å². The van der Waals surface area contributed by atoms with Crippen LogP contribution in [0.1, 0.15) is 26.7 Å². The fraction of sp³-hybridized carbons (Fsp3) is 0.111. The third kappa shape index (κ3) is 2.14. The zero-order valence-electron chi connectivity index (χ0n) is 8.72. The SMILES string of the molecule is Cc1cc(NC(=O)c2nc[nH]c2C(=O)O)no1. The third-order valence-corrected chi connectivity index (χ3v) is 1.94. The molecule has 0 fully saturated rings. The first-order valence-corrected chi connectivity index (χ1v) is 4.59. The summed E-state index contributed by atoms with van der Waals surface area (Å²) in [5, 5.41) is 14.7. The Morgan fingerprint density at radius 1 is 1.53 bits per heavy atom. The summed E-state index contributed by atoms with van der Waals surface area (Å²) in [6.07, 6.45) is 1.13. The number of nitrogens with one attached hydrogen (secondary N) is 2. The van der Waals surface area contributed by atoms with E-state index in [9.17, 15) is 9.59 Å². The number of imidazole rings is 1. The molecule has 8 nitrogen and oxygen atoms in total. The molecule has 0 spiro atoms. The molecule has 0 atom stereocenters. The molecule has 2 aromatic heterocycles. The smallest absolute Gasteiger partial charge is 0.354 e. The summed E-state index contributed by atoms with van der Waals surface area (Å²) in [6, 6.07) is 1.50. The first-order chi connectivity index (χ1) is 8.08. The minimum absolute atomic E-state index is 0.201. The Morgan fingerprint density at radius 3 is 2.88 bits per heavy atom. The number of aromatic carboxylic acids is 1. The molecular weight excluding hydrogens is 228 g/mol. The minimum Gasteiger partial charge on any atom is -0.477 e. The molecule has 88 valence electrons. The Labute approximate surface area is 94.6 Å². The van der Waals surface area contributed by atoms with Gasteiger partial charge in [-0.05, 0) is 6.92 Å². The van der Waals surface area contributed by atoms with E-state index < -0.39 is 11.9 Å². The molecule has 0 unspecified atom stereocenters. The molecule has 2 rings (SSSR count). The lowest BCUT2D eigenvalue weighted by Gasteiger charge is -1.98. The van der Waals surface area contributed by atoms with Gasteiger partial charge in [-0.2, -0.15) is 0 Å². The number of H-pyrrole nitrogens is 1. The second kappa shape index (κ2) is 4.08. The largest absolute Gasteiger partial charge is 0.477 e. The fourth-order valence-electron chi connectivity index (χ4n) is 1.23. The van der Waals surface area contributed by atoms with Crippen molar-refractivity contribution < 1.29 is 19.2 Å². The molecule has 8 heteroatoms. The number of carbonyl (C=O) groups excluding carboxylic acids is 1. The van der Waals surface area contributed by atoms with Crippen molar-refractivity contribution in [2.75, 3.05) is 5.32 Å². The van der Waals surface area contributed by atoms with Crippen LogP contribution in [0.2, 0.25) is 0 Å². The van der Waals surface area contributed by atoms with Crippen LogP contribution >= 0.6 is 0 Å². The zero-order valence-corrected chi connectivity index (χ0v) is 8.72. The number of hydrogen-bond donors (Lipinski definition) is 3. The number of aryl methyl sites for hydroxylation is 1. The highest BCUT2D eigenvalue weighted by atomic mass is 16.5. The summed E-state index contributed by atoms with van der Waals surface area (Å²) in [6.45, 7) is 1.67. The van der Waals surface area contributed by atoms with E-state index in [0.29, 0.717) is 5.76 Å². The van der Waals surface area contributed by atoms with Gasteiger partial charge in [0.25, 0.3) is 5.91 Å². The van der Waals surface area contributed by atoms with Crippen LogP contribution in [-0.4, -0.2) is 32.1 Å². The first-order valence-electron chi connectivity index (χ1n) is 4.59. The molecule has 3 N–H and O–H groups in total. The van der Waals surface area contributed by atoms with E-state index in [-0.39, 0.29) is 17.2 Å². The Bertz CT molecular complexity index is 571. The summed E-state index contributed by atoms with van der Waals surface area (Å²) in [7, 11) is 0. The lowest BCUT2D eigenvalue weighted by molar-refractivity contribution is 0.0686. The van der Waals surface area contributed by atoms with Gasteiger partial charge in [0.15, 0.2) is 17.2 Å². The van der Waals surface area contributed by atoms with Crippen LogP contribution in [0.4, 0.5) is 5.82 Å². The second-order valence-electron chi connectivity index (χ2n) is 3.21. The molecule has 0 aromatic carbocycles. The summed E-state index contributed by atoms with van der Waals surface area (Å²) in [4.78, 5) is 28.4. The zero-order chi connectivity index (χ0) is 12.4. The van der Waals surface area contributed by atoms with Gasteiger partial charge in [-0.3, -0.25) is 4.79 Å². The van der Waals surface area contributed by atoms with E-state index >= 15 is 0 Å². The Balaban J connectivity index is 2.20. The van der Waals surface area contributed by atoms with Crippen molar-refractivity contribution >= 4 is 17.7 Å². The van der Waals surface area contributed by atoms with Gasteiger partial charge >= 0.3 is 5.97 Å². The lowest BCUT2D eigenvalue weighted by atomic mass is 10.3. The van der Waals surface area contributed by atoms with Crippen LogP contribution in [0.3, 0.4) is 0 Å². The molecule has 0 radical (unpaired) electrons. The van der Waals surface area contributed by atoms with Crippen molar-refractivity contribution in [2.45, 2.75) is 6.92 Å². The third-order valence-electron chi connectivity index (χ3n) is 1.94. The summed E-state index contributed by atoms with van der Waals surface area (Å²) < 4.78 is 4.75. The van der Waals surface area contributed by atoms with E-state index in [1.54, 1.807) is 6.92 Å². The van der Waals surface area contributed by atoms with Crippen molar-refractivity contribution in [2.24, 2.45) is 0 Å². The number of carbonyl (C=O) groups is 2. The predicted molar refractivity (Wildman–Crippen MR) is 54.7 cm³/mol. The monoisotopic (exact) mass is 236 g/mol. The molecule has 0 saturated carbocycles. The first kappa shape index (κ1) is 10.9. The number of carboxylic acid groups (broad SMARTS) is 1. The molecule has 2 heterocycles. The van der Waals surface area contributed by atoms with E-state index in [4.69, 9.17) is 9.63 Å². The lowest BCUT2D eigenvalue weighted by Crippen LogP contribution is -2.16. The van der Waals surface area contributed by atoms with Gasteiger partial charge in [0.05, 0.1) is 6.33 Å². The average molecular weight is 236 g/mol. The van der Waals surface area contributed by atoms with Crippen LogP contribution in [0.25, 0.3) is 0 Å². The standard InChI is InChI=1S/C9H8N4O4/c1-4-2-5(13-17-4)12-8(14)6-7(9(15)16)11-3-10-6/h2-3H,1H3,(H,10,11)(H,15,16)(H,12,13,14). The van der Waals surface area contributed by atoms with E-state index in [2.05, 4.69) is 20.4 Å². The number of aromatic amines is 1. The van der Waals surface area contributed by atoms with Crippen molar-refractivity contribution in [3.05, 3.63) is 29.5 Å². The van der Waals surface area contributed by atoms with Crippen molar-refractivity contribution in [1.82, 2.24) is 15.1 Å². The molecule has 0 aliphatic rings. The molecule has 0 aliphatic heterocycles. The van der Waals surface area contributed by atoms with Gasteiger partial charge in [-0.15, -0.1) is 0 Å². The van der Waals surface area contributed by atoms with Crippen molar-refractivity contribution in [1.29, 1.82) is 0 Å². The number of carboxylic acids is 1. The van der Waals surface area contributed by atoms with E-state index in [0.717, 1.165) is 6.33 Å². The van der Waals surface area contributed by atoms with Gasteiger partial charge in [0.2, 0.25) is 0 Å². The maximum atomic E-state index is 11.7. The van der Waals surface area contributed by atoms with Crippen LogP contribution in [0.5, 0.6) is 0 Å². The number of nitrogens with zero attached hydrogens (tertiary/aromatic N) is 2. The molecule has 0 aliphatic carbocycles. The molecule has 1 amide bonds. The number of anilines is 1. The van der Waals surface area contributed by atoms with Gasteiger partial charge in [0.1, 0.15) is 5.76 Å². The number of rotatable bonds is 3. The normalized spacial score (nSPS) is 10.2. The molecule has 0 bridgehead atoms.